The van der Waals surface area contributed by atoms with Gasteiger partial charge in [0.1, 0.15) is 17.2 Å². The van der Waals surface area contributed by atoms with Crippen molar-refractivity contribution >= 4 is 6.03 Å². The van der Waals surface area contributed by atoms with Crippen molar-refractivity contribution in [2.45, 2.75) is 44.6 Å². The number of nitrogens with one attached hydrogen (secondary N) is 2. The minimum Gasteiger partial charge on any atom is -0.487 e. The summed E-state index contributed by atoms with van der Waals surface area (Å²) in [6, 6.07) is 11.6. The highest BCUT2D eigenvalue weighted by molar-refractivity contribution is 5.75. The number of urea groups is 1. The van der Waals surface area contributed by atoms with E-state index in [0.29, 0.717) is 25.4 Å². The van der Waals surface area contributed by atoms with Gasteiger partial charge in [-0.15, -0.1) is 0 Å². The first-order valence-corrected chi connectivity index (χ1v) is 9.12. The molecule has 142 valence electrons. The van der Waals surface area contributed by atoms with Gasteiger partial charge in [0.15, 0.2) is 0 Å². The standard InChI is InChI=1S/C21H23FN2O3/c1-21(2)10-17(16-8-7-14(22)9-19(16)27-21)23-20(25)24-18-12-26-11-13-5-3-4-6-15(13)18/h3-9,17-18H,10-12H2,1-2H3,(H2,23,24,25). The van der Waals surface area contributed by atoms with Gasteiger partial charge in [-0.2, -0.15) is 0 Å². The lowest BCUT2D eigenvalue weighted by Crippen LogP contribution is -2.46. The fourth-order valence-electron chi connectivity index (χ4n) is 3.81. The lowest BCUT2D eigenvalue weighted by atomic mass is 9.89. The van der Waals surface area contributed by atoms with Crippen LogP contribution in [0.1, 0.15) is 49.0 Å². The summed E-state index contributed by atoms with van der Waals surface area (Å²) in [5.41, 5.74) is 2.45. The predicted molar refractivity (Wildman–Crippen MR) is 99.0 cm³/mol. The number of benzene rings is 2. The van der Waals surface area contributed by atoms with Crippen molar-refractivity contribution in [3.8, 4) is 5.75 Å². The molecule has 4 rings (SSSR count). The lowest BCUT2D eigenvalue weighted by molar-refractivity contribution is 0.0660. The van der Waals surface area contributed by atoms with E-state index in [0.717, 1.165) is 16.7 Å². The van der Waals surface area contributed by atoms with Crippen LogP contribution in [-0.4, -0.2) is 18.2 Å². The van der Waals surface area contributed by atoms with Gasteiger partial charge in [-0.3, -0.25) is 0 Å². The number of carbonyl (C=O) groups excluding carboxylic acids is 1. The van der Waals surface area contributed by atoms with Gasteiger partial charge < -0.3 is 20.1 Å². The average molecular weight is 370 g/mol. The number of hydrogen-bond donors (Lipinski definition) is 2. The largest absolute Gasteiger partial charge is 0.487 e. The molecule has 0 aromatic heterocycles. The third-order valence-corrected chi connectivity index (χ3v) is 5.02. The van der Waals surface area contributed by atoms with Gasteiger partial charge in [-0.1, -0.05) is 30.3 Å². The molecular formula is C21H23FN2O3. The Morgan fingerprint density at radius 1 is 1.11 bits per heavy atom. The summed E-state index contributed by atoms with van der Waals surface area (Å²) in [5.74, 6) is 0.119. The molecular weight excluding hydrogens is 347 g/mol. The molecule has 2 atom stereocenters. The van der Waals surface area contributed by atoms with E-state index >= 15 is 0 Å². The number of halogens is 1. The Labute approximate surface area is 157 Å². The van der Waals surface area contributed by atoms with Crippen molar-refractivity contribution in [2.75, 3.05) is 6.61 Å². The van der Waals surface area contributed by atoms with Gasteiger partial charge >= 0.3 is 6.03 Å². The number of hydrogen-bond acceptors (Lipinski definition) is 3. The van der Waals surface area contributed by atoms with Crippen molar-refractivity contribution in [1.82, 2.24) is 10.6 Å². The van der Waals surface area contributed by atoms with Crippen LogP contribution in [0.3, 0.4) is 0 Å². The number of amides is 2. The quantitative estimate of drug-likeness (QED) is 0.840. The monoisotopic (exact) mass is 370 g/mol. The lowest BCUT2D eigenvalue weighted by Gasteiger charge is -2.38. The molecule has 0 saturated carbocycles. The first kappa shape index (κ1) is 17.8. The van der Waals surface area contributed by atoms with Gasteiger partial charge in [0, 0.05) is 18.1 Å². The SMILES string of the molecule is CC1(C)CC(NC(=O)NC2COCc3ccccc32)c2ccc(F)cc2O1. The molecule has 2 aromatic rings. The maximum absolute atomic E-state index is 13.6. The van der Waals surface area contributed by atoms with E-state index in [1.54, 1.807) is 6.07 Å². The fourth-order valence-corrected chi connectivity index (χ4v) is 3.81. The second-order valence-corrected chi connectivity index (χ2v) is 7.68. The molecule has 2 heterocycles. The van der Waals surface area contributed by atoms with E-state index in [1.807, 2.05) is 38.1 Å². The summed E-state index contributed by atoms with van der Waals surface area (Å²) in [5, 5.41) is 6.02. The molecule has 0 spiro atoms. The summed E-state index contributed by atoms with van der Waals surface area (Å²) < 4.78 is 25.1. The number of rotatable bonds is 2. The van der Waals surface area contributed by atoms with Crippen LogP contribution in [-0.2, 0) is 11.3 Å². The molecule has 0 radical (unpaired) electrons. The van der Waals surface area contributed by atoms with Crippen molar-refractivity contribution in [3.63, 3.8) is 0 Å². The molecule has 0 saturated heterocycles. The van der Waals surface area contributed by atoms with Gasteiger partial charge in [-0.25, -0.2) is 9.18 Å². The zero-order valence-electron chi connectivity index (χ0n) is 15.4. The highest BCUT2D eigenvalue weighted by atomic mass is 19.1. The summed E-state index contributed by atoms with van der Waals surface area (Å²) in [4.78, 5) is 12.7. The maximum atomic E-state index is 13.6. The van der Waals surface area contributed by atoms with Gasteiger partial charge in [0.25, 0.3) is 0 Å². The van der Waals surface area contributed by atoms with Crippen LogP contribution in [0, 0.1) is 5.82 Å². The van der Waals surface area contributed by atoms with Crippen LogP contribution in [0.5, 0.6) is 5.75 Å². The molecule has 2 unspecified atom stereocenters. The second-order valence-electron chi connectivity index (χ2n) is 7.68. The molecule has 6 heteroatoms. The summed E-state index contributed by atoms with van der Waals surface area (Å²) in [6.07, 6.45) is 0.594. The zero-order chi connectivity index (χ0) is 19.0. The van der Waals surface area contributed by atoms with Crippen LogP contribution in [0.2, 0.25) is 0 Å². The van der Waals surface area contributed by atoms with E-state index in [-0.39, 0.29) is 23.9 Å². The van der Waals surface area contributed by atoms with Crippen molar-refractivity contribution in [1.29, 1.82) is 0 Å². The molecule has 2 aromatic carbocycles. The molecule has 2 aliphatic rings. The van der Waals surface area contributed by atoms with E-state index in [4.69, 9.17) is 9.47 Å². The Hall–Kier alpha value is -2.60. The Balaban J connectivity index is 1.51. The van der Waals surface area contributed by atoms with E-state index in [2.05, 4.69) is 10.6 Å². The number of carbonyl (C=O) groups is 1. The third-order valence-electron chi connectivity index (χ3n) is 5.02. The predicted octanol–water partition coefficient (Wildman–Crippen LogP) is 4.00. The van der Waals surface area contributed by atoms with Crippen LogP contribution >= 0.6 is 0 Å². The number of fused-ring (bicyclic) bond motifs is 2. The minimum atomic E-state index is -0.501. The molecule has 0 bridgehead atoms. The molecule has 2 aliphatic heterocycles. The van der Waals surface area contributed by atoms with Crippen molar-refractivity contribution in [2.24, 2.45) is 0 Å². The minimum absolute atomic E-state index is 0.199. The molecule has 27 heavy (non-hydrogen) atoms. The van der Waals surface area contributed by atoms with Crippen LogP contribution < -0.4 is 15.4 Å². The van der Waals surface area contributed by atoms with Gasteiger partial charge in [0.05, 0.1) is 25.3 Å². The van der Waals surface area contributed by atoms with E-state index in [1.165, 1.54) is 12.1 Å². The Morgan fingerprint density at radius 2 is 1.89 bits per heavy atom. The molecule has 0 fully saturated rings. The average Bonchev–Trinajstić information content (AvgIpc) is 2.60. The van der Waals surface area contributed by atoms with Crippen molar-refractivity contribution < 1.29 is 18.7 Å². The van der Waals surface area contributed by atoms with E-state index < -0.39 is 5.60 Å². The van der Waals surface area contributed by atoms with Crippen LogP contribution in [0.25, 0.3) is 0 Å². The normalized spacial score (nSPS) is 22.8. The Kier molecular flexibility index (Phi) is 4.52. The molecule has 2 N–H and O–H groups in total. The van der Waals surface area contributed by atoms with E-state index in [9.17, 15) is 9.18 Å². The van der Waals surface area contributed by atoms with Crippen molar-refractivity contribution in [3.05, 3.63) is 65.0 Å². The topological polar surface area (TPSA) is 59.6 Å². The summed E-state index contributed by atoms with van der Waals surface area (Å²) >= 11 is 0. The fraction of sp³-hybridized carbons (Fsp3) is 0.381. The van der Waals surface area contributed by atoms with Crippen LogP contribution in [0.4, 0.5) is 9.18 Å². The first-order chi connectivity index (χ1) is 12.9. The summed E-state index contributed by atoms with van der Waals surface area (Å²) in [7, 11) is 0. The highest BCUT2D eigenvalue weighted by Gasteiger charge is 2.35. The van der Waals surface area contributed by atoms with Gasteiger partial charge in [0.2, 0.25) is 0 Å². The highest BCUT2D eigenvalue weighted by Crippen LogP contribution is 2.39. The summed E-state index contributed by atoms with van der Waals surface area (Å²) in [6.45, 7) is 4.85. The molecule has 5 nitrogen and oxygen atoms in total. The zero-order valence-corrected chi connectivity index (χ0v) is 15.4. The molecule has 2 amide bonds. The van der Waals surface area contributed by atoms with Gasteiger partial charge in [-0.05, 0) is 31.0 Å². The number of ether oxygens (including phenoxy) is 2. The Bertz CT molecular complexity index is 868. The first-order valence-electron chi connectivity index (χ1n) is 9.12. The molecule has 0 aliphatic carbocycles. The smallest absolute Gasteiger partial charge is 0.315 e. The van der Waals surface area contributed by atoms with Crippen LogP contribution in [0.15, 0.2) is 42.5 Å². The Morgan fingerprint density at radius 3 is 2.74 bits per heavy atom. The maximum Gasteiger partial charge on any atom is 0.315 e. The second kappa shape index (κ2) is 6.85. The third kappa shape index (κ3) is 3.76.